The normalized spacial score (nSPS) is 16.4. The van der Waals surface area contributed by atoms with Crippen LogP contribution in [0.15, 0.2) is 143 Å². The van der Waals surface area contributed by atoms with Crippen molar-refractivity contribution in [1.29, 1.82) is 0 Å². The van der Waals surface area contributed by atoms with Gasteiger partial charge in [0.15, 0.2) is 0 Å². The van der Waals surface area contributed by atoms with Crippen LogP contribution in [0.5, 0.6) is 0 Å². The van der Waals surface area contributed by atoms with Crippen LogP contribution >= 0.6 is 0 Å². The number of benzene rings is 6. The van der Waals surface area contributed by atoms with E-state index in [9.17, 15) is 0 Å². The number of hydrogen-bond acceptors (Lipinski definition) is 2. The molecule has 0 atom stereocenters. The second kappa shape index (κ2) is 10.4. The van der Waals surface area contributed by atoms with E-state index in [0.717, 1.165) is 33.7 Å². The SMILES string of the molecule is CN=C(c1ccccc1)c1ccc2c(c1)C1(c3cc(C)ccc3-2)c2cc(C)ccc2-c2ccc(C(=NC)c3ccccc3)cc21. The molecule has 0 N–H and O–H groups in total. The third kappa shape index (κ3) is 3.95. The Morgan fingerprint density at radius 3 is 1.13 bits per heavy atom. The zero-order chi connectivity index (χ0) is 30.7. The van der Waals surface area contributed by atoms with Crippen LogP contribution in [0.4, 0.5) is 0 Å². The first-order valence-electron chi connectivity index (χ1n) is 15.6. The van der Waals surface area contributed by atoms with Crippen molar-refractivity contribution in [1.82, 2.24) is 0 Å². The smallest absolute Gasteiger partial charge is 0.0726 e. The van der Waals surface area contributed by atoms with Crippen molar-refractivity contribution < 1.29 is 0 Å². The molecule has 0 fully saturated rings. The Balaban J connectivity index is 1.46. The Kier molecular flexibility index (Phi) is 6.28. The topological polar surface area (TPSA) is 24.7 Å². The minimum atomic E-state index is -0.468. The van der Waals surface area contributed by atoms with Gasteiger partial charge in [0.1, 0.15) is 0 Å². The summed E-state index contributed by atoms with van der Waals surface area (Å²) in [7, 11) is 3.79. The number of nitrogens with zero attached hydrogens (tertiary/aromatic N) is 2. The van der Waals surface area contributed by atoms with E-state index < -0.39 is 5.41 Å². The van der Waals surface area contributed by atoms with Gasteiger partial charge in [-0.2, -0.15) is 0 Å². The first kappa shape index (κ1) is 27.2. The third-order valence-corrected chi connectivity index (χ3v) is 9.67. The lowest BCUT2D eigenvalue weighted by Crippen LogP contribution is -2.27. The minimum absolute atomic E-state index is 0.468. The first-order valence-corrected chi connectivity index (χ1v) is 15.6. The summed E-state index contributed by atoms with van der Waals surface area (Å²) in [5, 5.41) is 0. The summed E-state index contributed by atoms with van der Waals surface area (Å²) >= 11 is 0. The number of aliphatic imine (C=N–C) groups is 2. The minimum Gasteiger partial charge on any atom is -0.287 e. The molecule has 2 aliphatic rings. The molecule has 8 rings (SSSR count). The zero-order valence-corrected chi connectivity index (χ0v) is 26.1. The molecule has 2 nitrogen and oxygen atoms in total. The Morgan fingerprint density at radius 2 is 0.756 bits per heavy atom. The highest BCUT2D eigenvalue weighted by atomic mass is 14.7. The Bertz CT molecular complexity index is 2030. The van der Waals surface area contributed by atoms with E-state index in [1.54, 1.807) is 0 Å². The summed E-state index contributed by atoms with van der Waals surface area (Å²) in [6.07, 6.45) is 0. The molecule has 0 aliphatic heterocycles. The molecule has 0 saturated carbocycles. The largest absolute Gasteiger partial charge is 0.287 e. The van der Waals surface area contributed by atoms with Crippen LogP contribution in [-0.2, 0) is 5.41 Å². The fourth-order valence-electron chi connectivity index (χ4n) is 7.79. The van der Waals surface area contributed by atoms with E-state index in [1.165, 1.54) is 55.6 Å². The van der Waals surface area contributed by atoms with Crippen molar-refractivity contribution in [3.63, 3.8) is 0 Å². The highest BCUT2D eigenvalue weighted by molar-refractivity contribution is 6.15. The van der Waals surface area contributed by atoms with Gasteiger partial charge >= 0.3 is 0 Å². The van der Waals surface area contributed by atoms with Crippen molar-refractivity contribution in [2.45, 2.75) is 19.3 Å². The van der Waals surface area contributed by atoms with Crippen LogP contribution in [0, 0.1) is 13.8 Å². The molecule has 216 valence electrons. The Labute approximate surface area is 265 Å². The van der Waals surface area contributed by atoms with Crippen molar-refractivity contribution in [2.75, 3.05) is 14.1 Å². The monoisotopic (exact) mass is 578 g/mol. The maximum Gasteiger partial charge on any atom is 0.0726 e. The maximum absolute atomic E-state index is 4.82. The van der Waals surface area contributed by atoms with Gasteiger partial charge in [0, 0.05) is 36.3 Å². The Hall–Kier alpha value is -5.34. The van der Waals surface area contributed by atoms with Crippen LogP contribution in [0.25, 0.3) is 22.3 Å². The second-order valence-corrected chi connectivity index (χ2v) is 12.2. The van der Waals surface area contributed by atoms with Gasteiger partial charge in [-0.1, -0.05) is 132 Å². The molecule has 0 saturated heterocycles. The molecule has 0 unspecified atom stereocenters. The van der Waals surface area contributed by atoms with E-state index in [1.807, 2.05) is 14.1 Å². The summed E-state index contributed by atoms with van der Waals surface area (Å²) < 4.78 is 0. The molecule has 0 radical (unpaired) electrons. The van der Waals surface area contributed by atoms with E-state index in [-0.39, 0.29) is 0 Å². The predicted molar refractivity (Wildman–Crippen MR) is 188 cm³/mol. The van der Waals surface area contributed by atoms with Crippen molar-refractivity contribution >= 4 is 11.4 Å². The second-order valence-electron chi connectivity index (χ2n) is 12.2. The summed E-state index contributed by atoms with van der Waals surface area (Å²) in [5.41, 5.74) is 19.1. The van der Waals surface area contributed by atoms with Gasteiger partial charge in [0.2, 0.25) is 0 Å². The third-order valence-electron chi connectivity index (χ3n) is 9.67. The molecule has 6 aromatic carbocycles. The number of fused-ring (bicyclic) bond motifs is 10. The van der Waals surface area contributed by atoms with Crippen molar-refractivity contribution in [2.24, 2.45) is 9.98 Å². The van der Waals surface area contributed by atoms with Crippen molar-refractivity contribution in [3.05, 3.63) is 189 Å². The van der Waals surface area contributed by atoms with Gasteiger partial charge in [0.25, 0.3) is 0 Å². The molecular weight excluding hydrogens is 544 g/mol. The molecule has 0 bridgehead atoms. The average Bonchev–Trinajstić information content (AvgIpc) is 3.52. The molecule has 6 aromatic rings. The number of hydrogen-bond donors (Lipinski definition) is 0. The van der Waals surface area contributed by atoms with E-state index in [4.69, 9.17) is 9.98 Å². The predicted octanol–water partition coefficient (Wildman–Crippen LogP) is 9.58. The van der Waals surface area contributed by atoms with Gasteiger partial charge in [-0.15, -0.1) is 0 Å². The molecule has 0 amide bonds. The lowest BCUT2D eigenvalue weighted by molar-refractivity contribution is 0.791. The lowest BCUT2D eigenvalue weighted by Gasteiger charge is -2.31. The van der Waals surface area contributed by atoms with Crippen LogP contribution < -0.4 is 0 Å². The van der Waals surface area contributed by atoms with Gasteiger partial charge < -0.3 is 0 Å². The maximum atomic E-state index is 4.82. The standard InChI is InChI=1S/C43H34N2/c1-27-15-19-33-35-21-17-31(41(44-3)29-11-7-5-8-12-29)25-39(35)43(37(33)23-27)38-24-28(2)16-20-34(38)36-22-18-32(26-40(36)43)42(45-4)30-13-9-6-10-14-30/h5-26H,1-4H3. The lowest BCUT2D eigenvalue weighted by atomic mass is 9.69. The van der Waals surface area contributed by atoms with Crippen LogP contribution in [0.1, 0.15) is 55.6 Å². The van der Waals surface area contributed by atoms with E-state index in [0.29, 0.717) is 0 Å². The number of aryl methyl sites for hydroxylation is 2. The Morgan fingerprint density at radius 1 is 0.400 bits per heavy atom. The fourth-order valence-corrected chi connectivity index (χ4v) is 7.79. The molecule has 1 spiro atoms. The van der Waals surface area contributed by atoms with Gasteiger partial charge in [-0.05, 0) is 70.5 Å². The highest BCUT2D eigenvalue weighted by Gasteiger charge is 2.52. The van der Waals surface area contributed by atoms with Gasteiger partial charge in [-0.25, -0.2) is 0 Å². The summed E-state index contributed by atoms with van der Waals surface area (Å²) in [6.45, 7) is 4.42. The fraction of sp³-hybridized carbons (Fsp3) is 0.116. The van der Waals surface area contributed by atoms with E-state index in [2.05, 4.69) is 147 Å². The zero-order valence-electron chi connectivity index (χ0n) is 26.1. The molecule has 2 aliphatic carbocycles. The summed E-state index contributed by atoms with van der Waals surface area (Å²) in [6, 6.07) is 49.0. The van der Waals surface area contributed by atoms with Gasteiger partial charge in [-0.3, -0.25) is 9.98 Å². The van der Waals surface area contributed by atoms with Crippen LogP contribution in [0.2, 0.25) is 0 Å². The molecular formula is C43H34N2. The first-order chi connectivity index (χ1) is 22.0. The molecule has 0 heterocycles. The van der Waals surface area contributed by atoms with Crippen LogP contribution in [-0.4, -0.2) is 25.5 Å². The molecule has 45 heavy (non-hydrogen) atoms. The highest BCUT2D eigenvalue weighted by Crippen LogP contribution is 2.63. The summed E-state index contributed by atoms with van der Waals surface area (Å²) in [5.74, 6) is 0. The molecule has 2 heteroatoms. The molecule has 0 aromatic heterocycles. The van der Waals surface area contributed by atoms with E-state index >= 15 is 0 Å². The van der Waals surface area contributed by atoms with Crippen LogP contribution in [0.3, 0.4) is 0 Å². The van der Waals surface area contributed by atoms with Crippen molar-refractivity contribution in [3.8, 4) is 22.3 Å². The summed E-state index contributed by atoms with van der Waals surface area (Å²) in [4.78, 5) is 9.64. The quantitative estimate of drug-likeness (QED) is 0.186. The number of rotatable bonds is 4. The average molecular weight is 579 g/mol. The van der Waals surface area contributed by atoms with Gasteiger partial charge in [0.05, 0.1) is 16.8 Å².